The van der Waals surface area contributed by atoms with Crippen LogP contribution in [-0.2, 0) is 11.3 Å². The molecule has 116 valence electrons. The Morgan fingerprint density at radius 3 is 2.67 bits per heavy atom. The number of rotatable bonds is 4. The van der Waals surface area contributed by atoms with E-state index in [0.29, 0.717) is 31.6 Å². The van der Waals surface area contributed by atoms with E-state index in [1.165, 1.54) is 4.90 Å². The van der Waals surface area contributed by atoms with Crippen LogP contribution in [0.1, 0.15) is 62.6 Å². The van der Waals surface area contributed by atoms with Gasteiger partial charge in [-0.2, -0.15) is 5.10 Å². The predicted molar refractivity (Wildman–Crippen MR) is 78.3 cm³/mol. The summed E-state index contributed by atoms with van der Waals surface area (Å²) in [4.78, 5) is 25.8. The van der Waals surface area contributed by atoms with Crippen LogP contribution in [0.5, 0.6) is 0 Å². The fourth-order valence-corrected chi connectivity index (χ4v) is 2.78. The number of aliphatic carboxylic acids is 1. The highest BCUT2D eigenvalue weighted by Gasteiger charge is 2.46. The maximum atomic E-state index is 12.8. The van der Waals surface area contributed by atoms with Crippen molar-refractivity contribution in [1.82, 2.24) is 14.7 Å². The third-order valence-corrected chi connectivity index (χ3v) is 4.26. The molecule has 1 aromatic rings. The topological polar surface area (TPSA) is 75.4 Å². The minimum atomic E-state index is -1.11. The Balaban J connectivity index is 2.38. The lowest BCUT2D eigenvalue weighted by Gasteiger charge is -2.31. The number of nitrogens with zero attached hydrogens (tertiary/aromatic N) is 3. The van der Waals surface area contributed by atoms with Crippen LogP contribution < -0.4 is 0 Å². The van der Waals surface area contributed by atoms with E-state index in [4.69, 9.17) is 0 Å². The quantitative estimate of drug-likeness (QED) is 0.922. The standard InChI is InChI=1S/C15H23N3O3/c1-5-18-12(9-11(16-18)10(2)3)13(19)17-8-6-7-15(17,4)14(20)21/h9-10H,5-8H2,1-4H3,(H,20,21). The Labute approximate surface area is 124 Å². The van der Waals surface area contributed by atoms with E-state index < -0.39 is 11.5 Å². The molecule has 21 heavy (non-hydrogen) atoms. The second-order valence-electron chi connectivity index (χ2n) is 6.06. The first-order chi connectivity index (χ1) is 9.81. The summed E-state index contributed by atoms with van der Waals surface area (Å²) in [5.74, 6) is -0.951. The van der Waals surface area contributed by atoms with E-state index in [2.05, 4.69) is 5.10 Å². The second kappa shape index (κ2) is 5.50. The number of hydrogen-bond acceptors (Lipinski definition) is 3. The molecular formula is C15H23N3O3. The number of aryl methyl sites for hydroxylation is 1. The van der Waals surface area contributed by atoms with Crippen molar-refractivity contribution in [2.24, 2.45) is 0 Å². The average Bonchev–Trinajstić information content (AvgIpc) is 3.02. The molecular weight excluding hydrogens is 270 g/mol. The predicted octanol–water partition coefficient (Wildman–Crippen LogP) is 2.11. The summed E-state index contributed by atoms with van der Waals surface area (Å²) in [5.41, 5.74) is 0.227. The molecule has 6 heteroatoms. The average molecular weight is 293 g/mol. The van der Waals surface area contributed by atoms with Crippen LogP contribution in [0.2, 0.25) is 0 Å². The van der Waals surface area contributed by atoms with Crippen LogP contribution in [0, 0.1) is 0 Å². The van der Waals surface area contributed by atoms with Gasteiger partial charge in [0.2, 0.25) is 0 Å². The molecule has 0 saturated carbocycles. The molecule has 1 fully saturated rings. The van der Waals surface area contributed by atoms with Crippen LogP contribution in [-0.4, -0.2) is 43.7 Å². The maximum absolute atomic E-state index is 12.8. The lowest BCUT2D eigenvalue weighted by atomic mass is 9.99. The van der Waals surface area contributed by atoms with Crippen LogP contribution in [0.3, 0.4) is 0 Å². The molecule has 1 aromatic heterocycles. The van der Waals surface area contributed by atoms with E-state index in [9.17, 15) is 14.7 Å². The molecule has 2 heterocycles. The van der Waals surface area contributed by atoms with E-state index in [-0.39, 0.29) is 11.8 Å². The minimum Gasteiger partial charge on any atom is -0.480 e. The maximum Gasteiger partial charge on any atom is 0.329 e. The number of hydrogen-bond donors (Lipinski definition) is 1. The van der Waals surface area contributed by atoms with Crippen molar-refractivity contribution < 1.29 is 14.7 Å². The highest BCUT2D eigenvalue weighted by molar-refractivity contribution is 5.97. The zero-order chi connectivity index (χ0) is 15.8. The summed E-state index contributed by atoms with van der Waals surface area (Å²) < 4.78 is 1.66. The van der Waals surface area contributed by atoms with Gasteiger partial charge in [0.15, 0.2) is 0 Å². The molecule has 0 radical (unpaired) electrons. The Hall–Kier alpha value is -1.85. The first-order valence-corrected chi connectivity index (χ1v) is 7.44. The highest BCUT2D eigenvalue weighted by Crippen LogP contribution is 2.31. The van der Waals surface area contributed by atoms with E-state index in [0.717, 1.165) is 5.69 Å². The molecule has 1 atom stereocenters. The van der Waals surface area contributed by atoms with Crippen molar-refractivity contribution in [2.45, 2.75) is 58.5 Å². The van der Waals surface area contributed by atoms with Crippen molar-refractivity contribution in [3.63, 3.8) is 0 Å². The van der Waals surface area contributed by atoms with Gasteiger partial charge in [-0.15, -0.1) is 0 Å². The smallest absolute Gasteiger partial charge is 0.329 e. The molecule has 1 aliphatic heterocycles. The van der Waals surface area contributed by atoms with Gasteiger partial charge in [0.05, 0.1) is 5.69 Å². The molecule has 1 amide bonds. The number of likely N-dealkylation sites (tertiary alicyclic amines) is 1. The molecule has 0 aliphatic carbocycles. The summed E-state index contributed by atoms with van der Waals surface area (Å²) in [6.07, 6.45) is 1.21. The van der Waals surface area contributed by atoms with Gasteiger partial charge in [-0.1, -0.05) is 13.8 Å². The molecule has 1 N–H and O–H groups in total. The van der Waals surface area contributed by atoms with Crippen molar-refractivity contribution in [3.8, 4) is 0 Å². The third kappa shape index (κ3) is 2.54. The molecule has 1 saturated heterocycles. The number of carboxylic acids is 1. The van der Waals surface area contributed by atoms with Gasteiger partial charge < -0.3 is 10.0 Å². The van der Waals surface area contributed by atoms with Gasteiger partial charge in [-0.3, -0.25) is 9.48 Å². The van der Waals surface area contributed by atoms with Gasteiger partial charge in [0.25, 0.3) is 5.91 Å². The molecule has 1 aliphatic rings. The summed E-state index contributed by atoms with van der Waals surface area (Å²) in [6.45, 7) is 8.66. The Kier molecular flexibility index (Phi) is 4.07. The number of carboxylic acid groups (broad SMARTS) is 1. The fourth-order valence-electron chi connectivity index (χ4n) is 2.78. The lowest BCUT2D eigenvalue weighted by Crippen LogP contribution is -2.51. The van der Waals surface area contributed by atoms with Crippen LogP contribution >= 0.6 is 0 Å². The Morgan fingerprint density at radius 1 is 1.48 bits per heavy atom. The first kappa shape index (κ1) is 15.5. The zero-order valence-corrected chi connectivity index (χ0v) is 13.1. The highest BCUT2D eigenvalue weighted by atomic mass is 16.4. The Bertz CT molecular complexity index is 565. The fraction of sp³-hybridized carbons (Fsp3) is 0.667. The minimum absolute atomic E-state index is 0.230. The van der Waals surface area contributed by atoms with Crippen LogP contribution in [0.4, 0.5) is 0 Å². The first-order valence-electron chi connectivity index (χ1n) is 7.44. The van der Waals surface area contributed by atoms with Crippen molar-refractivity contribution in [2.75, 3.05) is 6.54 Å². The zero-order valence-electron chi connectivity index (χ0n) is 13.1. The van der Waals surface area contributed by atoms with Crippen molar-refractivity contribution >= 4 is 11.9 Å². The van der Waals surface area contributed by atoms with E-state index in [1.54, 1.807) is 17.7 Å². The molecule has 0 spiro atoms. The normalized spacial score (nSPS) is 22.0. The van der Waals surface area contributed by atoms with Crippen molar-refractivity contribution in [3.05, 3.63) is 17.5 Å². The summed E-state index contributed by atoms with van der Waals surface area (Å²) in [7, 11) is 0. The summed E-state index contributed by atoms with van der Waals surface area (Å²) >= 11 is 0. The lowest BCUT2D eigenvalue weighted by molar-refractivity contribution is -0.147. The van der Waals surface area contributed by atoms with Gasteiger partial charge in [0.1, 0.15) is 11.2 Å². The molecule has 6 nitrogen and oxygen atoms in total. The molecule has 2 rings (SSSR count). The summed E-state index contributed by atoms with van der Waals surface area (Å²) in [6, 6.07) is 1.79. The SMILES string of the molecule is CCn1nc(C(C)C)cc1C(=O)N1CCCC1(C)C(=O)O. The van der Waals surface area contributed by atoms with E-state index in [1.807, 2.05) is 20.8 Å². The molecule has 0 aromatic carbocycles. The largest absolute Gasteiger partial charge is 0.480 e. The number of carbonyl (C=O) groups is 2. The second-order valence-corrected chi connectivity index (χ2v) is 6.06. The molecule has 1 unspecified atom stereocenters. The van der Waals surface area contributed by atoms with Gasteiger partial charge in [-0.25, -0.2) is 4.79 Å². The molecule has 0 bridgehead atoms. The van der Waals surface area contributed by atoms with Gasteiger partial charge in [-0.05, 0) is 38.7 Å². The summed E-state index contributed by atoms with van der Waals surface area (Å²) in [5, 5.41) is 13.9. The van der Waals surface area contributed by atoms with Crippen LogP contribution in [0.15, 0.2) is 6.07 Å². The van der Waals surface area contributed by atoms with Crippen LogP contribution in [0.25, 0.3) is 0 Å². The van der Waals surface area contributed by atoms with E-state index >= 15 is 0 Å². The monoisotopic (exact) mass is 293 g/mol. The number of aromatic nitrogens is 2. The third-order valence-electron chi connectivity index (χ3n) is 4.26. The van der Waals surface area contributed by atoms with Gasteiger partial charge in [0, 0.05) is 13.1 Å². The number of carbonyl (C=O) groups excluding carboxylic acids is 1. The van der Waals surface area contributed by atoms with Crippen molar-refractivity contribution in [1.29, 1.82) is 0 Å². The Morgan fingerprint density at radius 2 is 2.14 bits per heavy atom. The number of amides is 1. The van der Waals surface area contributed by atoms with Gasteiger partial charge >= 0.3 is 5.97 Å².